The van der Waals surface area contributed by atoms with Gasteiger partial charge in [0.05, 0.1) is 0 Å². The van der Waals surface area contributed by atoms with Crippen LogP contribution in [0.15, 0.2) is 36.7 Å². The summed E-state index contributed by atoms with van der Waals surface area (Å²) in [4.78, 5) is 4.38. The number of imidazole rings is 1. The Hall–Kier alpha value is -1.81. The lowest BCUT2D eigenvalue weighted by atomic mass is 10.2. The molecule has 0 aliphatic heterocycles. The molecule has 2 aromatic rings. The lowest BCUT2D eigenvalue weighted by Crippen LogP contribution is -2.00. The molecule has 0 fully saturated rings. The molecule has 0 saturated heterocycles. The predicted octanol–water partition coefficient (Wildman–Crippen LogP) is 2.29. The minimum absolute atomic E-state index is 0.270. The summed E-state index contributed by atoms with van der Waals surface area (Å²) < 4.78 is 2.13. The minimum atomic E-state index is 0.270. The van der Waals surface area contributed by atoms with Gasteiger partial charge in [-0.2, -0.15) is 0 Å². The van der Waals surface area contributed by atoms with E-state index in [0.29, 0.717) is 0 Å². The van der Waals surface area contributed by atoms with Crippen LogP contribution < -0.4 is 5.73 Å². The highest BCUT2D eigenvalue weighted by atomic mass is 16.2. The van der Waals surface area contributed by atoms with Gasteiger partial charge in [0.25, 0.3) is 0 Å². The molecule has 1 aromatic carbocycles. The average molecular weight is 245 g/mol. The number of aliphatic hydroxyl groups is 1. The van der Waals surface area contributed by atoms with Crippen molar-refractivity contribution in [3.8, 4) is 11.4 Å². The fourth-order valence-corrected chi connectivity index (χ4v) is 2.00. The number of hydrogen-bond acceptors (Lipinski definition) is 3. The Labute approximate surface area is 107 Å². The van der Waals surface area contributed by atoms with Crippen molar-refractivity contribution in [1.29, 1.82) is 0 Å². The van der Waals surface area contributed by atoms with Crippen LogP contribution in [-0.4, -0.2) is 21.3 Å². The molecular weight excluding hydrogens is 226 g/mol. The van der Waals surface area contributed by atoms with Gasteiger partial charge in [-0.05, 0) is 31.4 Å². The molecule has 18 heavy (non-hydrogen) atoms. The third-order valence-electron chi connectivity index (χ3n) is 2.92. The van der Waals surface area contributed by atoms with Crippen molar-refractivity contribution in [1.82, 2.24) is 9.55 Å². The Bertz CT molecular complexity index is 493. The van der Waals surface area contributed by atoms with Gasteiger partial charge >= 0.3 is 0 Å². The summed E-state index contributed by atoms with van der Waals surface area (Å²) in [7, 11) is 0. The Morgan fingerprint density at radius 3 is 2.89 bits per heavy atom. The van der Waals surface area contributed by atoms with Crippen molar-refractivity contribution in [3.05, 3.63) is 36.7 Å². The van der Waals surface area contributed by atoms with Crippen molar-refractivity contribution in [2.24, 2.45) is 0 Å². The molecule has 0 radical (unpaired) electrons. The SMILES string of the molecule is Nc1cccc(-c2nccn2CCCCCO)c1. The molecule has 1 heterocycles. The first-order chi connectivity index (χ1) is 8.81. The second-order valence-electron chi connectivity index (χ2n) is 4.35. The van der Waals surface area contributed by atoms with Crippen LogP contribution in [0.1, 0.15) is 19.3 Å². The number of aromatic nitrogens is 2. The number of aliphatic hydroxyl groups excluding tert-OH is 1. The second kappa shape index (κ2) is 6.21. The molecule has 4 nitrogen and oxygen atoms in total. The summed E-state index contributed by atoms with van der Waals surface area (Å²) >= 11 is 0. The van der Waals surface area contributed by atoms with E-state index in [9.17, 15) is 0 Å². The minimum Gasteiger partial charge on any atom is -0.399 e. The van der Waals surface area contributed by atoms with Crippen LogP contribution in [-0.2, 0) is 6.54 Å². The van der Waals surface area contributed by atoms with Crippen molar-refractivity contribution in [2.75, 3.05) is 12.3 Å². The number of nitrogens with two attached hydrogens (primary N) is 1. The summed E-state index contributed by atoms with van der Waals surface area (Å²) in [5.41, 5.74) is 7.59. The Morgan fingerprint density at radius 2 is 2.11 bits per heavy atom. The van der Waals surface area contributed by atoms with E-state index < -0.39 is 0 Å². The van der Waals surface area contributed by atoms with E-state index in [0.717, 1.165) is 42.9 Å². The molecule has 3 N–H and O–H groups in total. The van der Waals surface area contributed by atoms with Crippen molar-refractivity contribution in [3.63, 3.8) is 0 Å². The highest BCUT2D eigenvalue weighted by Gasteiger charge is 2.05. The van der Waals surface area contributed by atoms with Crippen molar-refractivity contribution in [2.45, 2.75) is 25.8 Å². The highest BCUT2D eigenvalue weighted by Crippen LogP contribution is 2.20. The van der Waals surface area contributed by atoms with Crippen molar-refractivity contribution < 1.29 is 5.11 Å². The topological polar surface area (TPSA) is 64.1 Å². The molecule has 4 heteroatoms. The lowest BCUT2D eigenvalue weighted by Gasteiger charge is -2.08. The first kappa shape index (κ1) is 12.6. The number of hydrogen-bond donors (Lipinski definition) is 2. The molecule has 0 spiro atoms. The molecule has 0 aliphatic rings. The fourth-order valence-electron chi connectivity index (χ4n) is 2.00. The summed E-state index contributed by atoms with van der Waals surface area (Å²) in [6.45, 7) is 1.19. The zero-order valence-corrected chi connectivity index (χ0v) is 10.4. The summed E-state index contributed by atoms with van der Waals surface area (Å²) in [6, 6.07) is 7.77. The smallest absolute Gasteiger partial charge is 0.139 e. The number of nitrogen functional groups attached to an aromatic ring is 1. The van der Waals surface area contributed by atoms with Gasteiger partial charge in [-0.3, -0.25) is 0 Å². The van der Waals surface area contributed by atoms with Crippen LogP contribution in [0.3, 0.4) is 0 Å². The van der Waals surface area contributed by atoms with Gasteiger partial charge in [-0.25, -0.2) is 4.98 Å². The van der Waals surface area contributed by atoms with E-state index in [1.165, 1.54) is 0 Å². The quantitative estimate of drug-likeness (QED) is 0.606. The van der Waals surface area contributed by atoms with Crippen molar-refractivity contribution >= 4 is 5.69 Å². The summed E-state index contributed by atoms with van der Waals surface area (Å²) in [5.74, 6) is 0.950. The zero-order valence-electron chi connectivity index (χ0n) is 10.4. The van der Waals surface area contributed by atoms with E-state index in [4.69, 9.17) is 10.8 Å². The number of aryl methyl sites for hydroxylation is 1. The highest BCUT2D eigenvalue weighted by molar-refractivity contribution is 5.61. The second-order valence-corrected chi connectivity index (χ2v) is 4.35. The normalized spacial score (nSPS) is 10.7. The van der Waals surface area contributed by atoms with E-state index in [-0.39, 0.29) is 6.61 Å². The molecule has 0 aliphatic carbocycles. The summed E-state index contributed by atoms with van der Waals surface area (Å²) in [5, 5.41) is 8.75. The van der Waals surface area contributed by atoms with Crippen LogP contribution in [0.4, 0.5) is 5.69 Å². The maximum absolute atomic E-state index is 8.75. The van der Waals surface area contributed by atoms with Gasteiger partial charge in [0, 0.05) is 36.8 Å². The third kappa shape index (κ3) is 3.11. The first-order valence-corrected chi connectivity index (χ1v) is 6.29. The first-order valence-electron chi connectivity index (χ1n) is 6.29. The van der Waals surface area contributed by atoms with E-state index in [1.54, 1.807) is 0 Å². The number of anilines is 1. The predicted molar refractivity (Wildman–Crippen MR) is 73.0 cm³/mol. The molecule has 0 saturated carbocycles. The van der Waals surface area contributed by atoms with Crippen LogP contribution in [0.2, 0.25) is 0 Å². The average Bonchev–Trinajstić information content (AvgIpc) is 2.83. The van der Waals surface area contributed by atoms with Gasteiger partial charge in [0.1, 0.15) is 5.82 Å². The van der Waals surface area contributed by atoms with E-state index in [2.05, 4.69) is 9.55 Å². The maximum atomic E-state index is 8.75. The van der Waals surface area contributed by atoms with Gasteiger partial charge < -0.3 is 15.4 Å². The summed E-state index contributed by atoms with van der Waals surface area (Å²) in [6.07, 6.45) is 6.74. The number of rotatable bonds is 6. The number of benzene rings is 1. The molecule has 2 rings (SSSR count). The fraction of sp³-hybridized carbons (Fsp3) is 0.357. The lowest BCUT2D eigenvalue weighted by molar-refractivity contribution is 0.282. The van der Waals surface area contributed by atoms with Crippen LogP contribution in [0, 0.1) is 0 Å². The maximum Gasteiger partial charge on any atom is 0.139 e. The zero-order chi connectivity index (χ0) is 12.8. The van der Waals surface area contributed by atoms with Crippen LogP contribution in [0.25, 0.3) is 11.4 Å². The largest absolute Gasteiger partial charge is 0.399 e. The Balaban J connectivity index is 2.08. The van der Waals surface area contributed by atoms with Gasteiger partial charge in [-0.15, -0.1) is 0 Å². The number of nitrogens with zero attached hydrogens (tertiary/aromatic N) is 2. The molecule has 0 atom stereocenters. The van der Waals surface area contributed by atoms with Gasteiger partial charge in [-0.1, -0.05) is 12.1 Å². The van der Waals surface area contributed by atoms with Gasteiger partial charge in [0.15, 0.2) is 0 Å². The third-order valence-corrected chi connectivity index (χ3v) is 2.92. The van der Waals surface area contributed by atoms with Crippen LogP contribution >= 0.6 is 0 Å². The molecule has 0 unspecified atom stereocenters. The monoisotopic (exact) mass is 245 g/mol. The molecule has 0 amide bonds. The Morgan fingerprint density at radius 1 is 1.22 bits per heavy atom. The standard InChI is InChI=1S/C14H19N3O/c15-13-6-4-5-12(11-13)14-16-7-9-17(14)8-2-1-3-10-18/h4-7,9,11,18H,1-3,8,10,15H2. The molecule has 0 bridgehead atoms. The Kier molecular flexibility index (Phi) is 4.36. The number of unbranched alkanes of at least 4 members (excludes halogenated alkanes) is 2. The van der Waals surface area contributed by atoms with Crippen LogP contribution in [0.5, 0.6) is 0 Å². The van der Waals surface area contributed by atoms with Gasteiger partial charge in [0.2, 0.25) is 0 Å². The molecule has 96 valence electrons. The van der Waals surface area contributed by atoms with E-state index in [1.807, 2.05) is 36.7 Å². The van der Waals surface area contributed by atoms with E-state index >= 15 is 0 Å². The molecule has 1 aromatic heterocycles. The molecular formula is C14H19N3O.